The van der Waals surface area contributed by atoms with Crippen LogP contribution in [0.1, 0.15) is 32.1 Å². The fourth-order valence-corrected chi connectivity index (χ4v) is 4.65. The Bertz CT molecular complexity index is 1420. The van der Waals surface area contributed by atoms with Gasteiger partial charge in [0.1, 0.15) is 31.0 Å². The predicted octanol–water partition coefficient (Wildman–Crippen LogP) is 6.16. The Hall–Kier alpha value is -3.26. The Labute approximate surface area is 209 Å². The van der Waals surface area contributed by atoms with Gasteiger partial charge in [-0.25, -0.2) is 15.0 Å². The number of thiazole rings is 1. The monoisotopic (exact) mass is 509 g/mol. The van der Waals surface area contributed by atoms with E-state index in [-0.39, 0.29) is 12.4 Å². The molecule has 4 aromatic rings. The highest BCUT2D eigenvalue weighted by molar-refractivity contribution is 7.09. The first-order valence-electron chi connectivity index (χ1n) is 10.3. The molecule has 0 amide bonds. The quantitative estimate of drug-likeness (QED) is 0.277. The molecular weight excluding hydrogens is 493 g/mol. The van der Waals surface area contributed by atoms with Crippen LogP contribution in [0, 0.1) is 6.92 Å². The highest BCUT2D eigenvalue weighted by Gasteiger charge is 2.33. The van der Waals surface area contributed by atoms with Crippen LogP contribution in [0.25, 0.3) is 11.1 Å². The van der Waals surface area contributed by atoms with Gasteiger partial charge in [0.2, 0.25) is 0 Å². The number of nitrogens with zero attached hydrogens (tertiary/aromatic N) is 3. The lowest BCUT2D eigenvalue weighted by Gasteiger charge is -2.10. The van der Waals surface area contributed by atoms with Gasteiger partial charge in [-0.1, -0.05) is 23.2 Å². The van der Waals surface area contributed by atoms with Gasteiger partial charge in [0, 0.05) is 45.6 Å². The van der Waals surface area contributed by atoms with Crippen LogP contribution in [0.15, 0.2) is 60.6 Å². The van der Waals surface area contributed by atoms with Crippen molar-refractivity contribution in [3.63, 3.8) is 0 Å². The third-order valence-corrected chi connectivity index (χ3v) is 6.82. The van der Waals surface area contributed by atoms with Crippen LogP contribution in [0.4, 0.5) is 0 Å². The number of carbonyl (C=O) groups excluding carboxylic acids is 1. The minimum atomic E-state index is -0.107. The minimum absolute atomic E-state index is 0.107. The van der Waals surface area contributed by atoms with E-state index >= 15 is 0 Å². The third-order valence-electron chi connectivity index (χ3n) is 5.32. The molecule has 2 aromatic carbocycles. The fourth-order valence-electron chi connectivity index (χ4n) is 3.78. The Morgan fingerprint density at radius 1 is 0.882 bits per heavy atom. The summed E-state index contributed by atoms with van der Waals surface area (Å²) in [6.07, 6.45) is 4.73. The SMILES string of the molecule is Cc1scnc1C1=C(c2cncnc2)C(=O)c2cc(OCCOc3ccc(Cl)c(Cl)c3)ccc21. The van der Waals surface area contributed by atoms with Crippen molar-refractivity contribution in [1.29, 1.82) is 0 Å². The van der Waals surface area contributed by atoms with Crippen LogP contribution in [0.5, 0.6) is 11.5 Å². The molecule has 5 rings (SSSR count). The van der Waals surface area contributed by atoms with Crippen LogP contribution in [-0.4, -0.2) is 33.9 Å². The number of Topliss-reactive ketones (excluding diaryl/α,β-unsaturated/α-hetero) is 1. The van der Waals surface area contributed by atoms with E-state index in [9.17, 15) is 4.79 Å². The lowest BCUT2D eigenvalue weighted by molar-refractivity contribution is 0.105. The number of benzene rings is 2. The standard InChI is InChI=1S/C25H17Cl2N3O3S/c1-14-24(30-13-34-14)23-18-4-2-16(32-6-7-33-17-3-5-20(26)21(27)9-17)8-19(18)25(31)22(23)15-10-28-12-29-11-15/h2-5,8-13H,6-7H2,1H3. The number of aromatic nitrogens is 3. The summed E-state index contributed by atoms with van der Waals surface area (Å²) < 4.78 is 11.5. The van der Waals surface area contributed by atoms with Crippen LogP contribution in [0.3, 0.4) is 0 Å². The Kier molecular flexibility index (Phi) is 6.32. The number of hydrogen-bond donors (Lipinski definition) is 0. The smallest absolute Gasteiger partial charge is 0.195 e. The van der Waals surface area contributed by atoms with Crippen molar-refractivity contribution in [2.24, 2.45) is 0 Å². The van der Waals surface area contributed by atoms with Crippen LogP contribution in [0.2, 0.25) is 10.0 Å². The van der Waals surface area contributed by atoms with Gasteiger partial charge in [0.15, 0.2) is 5.78 Å². The summed E-state index contributed by atoms with van der Waals surface area (Å²) in [5.74, 6) is 1.07. The molecule has 0 atom stereocenters. The molecule has 1 aliphatic rings. The molecule has 2 aromatic heterocycles. The number of hydrogen-bond acceptors (Lipinski definition) is 7. The zero-order chi connectivity index (χ0) is 23.7. The maximum atomic E-state index is 13.5. The van der Waals surface area contributed by atoms with E-state index in [0.717, 1.165) is 21.7 Å². The molecule has 0 fully saturated rings. The lowest BCUT2D eigenvalue weighted by Crippen LogP contribution is -2.09. The number of ketones is 1. The molecule has 0 spiro atoms. The van der Waals surface area contributed by atoms with Crippen molar-refractivity contribution in [1.82, 2.24) is 15.0 Å². The van der Waals surface area contributed by atoms with Gasteiger partial charge in [-0.05, 0) is 42.8 Å². The van der Waals surface area contributed by atoms with Crippen LogP contribution < -0.4 is 9.47 Å². The number of rotatable bonds is 7. The largest absolute Gasteiger partial charge is 0.490 e. The van der Waals surface area contributed by atoms with Crippen molar-refractivity contribution in [3.8, 4) is 11.5 Å². The first kappa shape index (κ1) is 22.5. The van der Waals surface area contributed by atoms with Crippen molar-refractivity contribution < 1.29 is 14.3 Å². The number of fused-ring (bicyclic) bond motifs is 1. The van der Waals surface area contributed by atoms with Crippen LogP contribution >= 0.6 is 34.5 Å². The summed E-state index contributed by atoms with van der Waals surface area (Å²) in [7, 11) is 0. The topological polar surface area (TPSA) is 74.2 Å². The van der Waals surface area contributed by atoms with E-state index in [1.54, 1.807) is 42.2 Å². The first-order valence-corrected chi connectivity index (χ1v) is 12.0. The maximum absolute atomic E-state index is 13.5. The molecule has 0 N–H and O–H groups in total. The Morgan fingerprint density at radius 2 is 1.59 bits per heavy atom. The number of halogens is 2. The molecule has 2 heterocycles. The number of allylic oxidation sites excluding steroid dienone is 1. The second-order valence-electron chi connectivity index (χ2n) is 7.44. The molecule has 34 heavy (non-hydrogen) atoms. The zero-order valence-corrected chi connectivity index (χ0v) is 20.2. The van der Waals surface area contributed by atoms with Crippen molar-refractivity contribution in [3.05, 3.63) is 97.9 Å². The van der Waals surface area contributed by atoms with Gasteiger partial charge in [-0.3, -0.25) is 4.79 Å². The van der Waals surface area contributed by atoms with E-state index < -0.39 is 0 Å². The van der Waals surface area contributed by atoms with Crippen molar-refractivity contribution in [2.75, 3.05) is 13.2 Å². The lowest BCUT2D eigenvalue weighted by atomic mass is 9.99. The summed E-state index contributed by atoms with van der Waals surface area (Å²) in [6, 6.07) is 10.6. The molecule has 9 heteroatoms. The molecule has 0 aliphatic heterocycles. The summed E-state index contributed by atoms with van der Waals surface area (Å²) in [5, 5.41) is 0.894. The van der Waals surface area contributed by atoms with Gasteiger partial charge in [0.25, 0.3) is 0 Å². The Balaban J connectivity index is 1.38. The second-order valence-corrected chi connectivity index (χ2v) is 9.32. The average molecular weight is 510 g/mol. The molecule has 0 saturated heterocycles. The van der Waals surface area contributed by atoms with Gasteiger partial charge >= 0.3 is 0 Å². The van der Waals surface area contributed by atoms with Crippen molar-refractivity contribution in [2.45, 2.75) is 6.92 Å². The average Bonchev–Trinajstić information content (AvgIpc) is 3.39. The summed E-state index contributed by atoms with van der Waals surface area (Å²) in [6.45, 7) is 2.59. The van der Waals surface area contributed by atoms with Gasteiger partial charge in [-0.2, -0.15) is 0 Å². The van der Waals surface area contributed by atoms with E-state index in [1.165, 1.54) is 17.7 Å². The molecular formula is C25H17Cl2N3O3S. The molecule has 0 unspecified atom stereocenters. The van der Waals surface area contributed by atoms with Gasteiger partial charge < -0.3 is 9.47 Å². The summed E-state index contributed by atoms with van der Waals surface area (Å²) in [4.78, 5) is 27.3. The second kappa shape index (κ2) is 9.54. The highest BCUT2D eigenvalue weighted by Crippen LogP contribution is 2.43. The molecule has 6 nitrogen and oxygen atoms in total. The number of aryl methyl sites for hydroxylation is 1. The number of ether oxygens (including phenoxy) is 2. The van der Waals surface area contributed by atoms with E-state index in [2.05, 4.69) is 15.0 Å². The van der Waals surface area contributed by atoms with Gasteiger partial charge in [0.05, 0.1) is 21.2 Å². The fraction of sp³-hybridized carbons (Fsp3) is 0.120. The summed E-state index contributed by atoms with van der Waals surface area (Å²) in [5.41, 5.74) is 5.95. The normalized spacial score (nSPS) is 12.7. The number of carbonyl (C=O) groups is 1. The molecule has 0 radical (unpaired) electrons. The highest BCUT2D eigenvalue weighted by atomic mass is 35.5. The van der Waals surface area contributed by atoms with Gasteiger partial charge in [-0.15, -0.1) is 11.3 Å². The maximum Gasteiger partial charge on any atom is 0.195 e. The Morgan fingerprint density at radius 3 is 2.26 bits per heavy atom. The van der Waals surface area contributed by atoms with E-state index in [0.29, 0.717) is 44.9 Å². The molecule has 0 saturated carbocycles. The van der Waals surface area contributed by atoms with Crippen molar-refractivity contribution >= 4 is 51.5 Å². The zero-order valence-electron chi connectivity index (χ0n) is 17.9. The predicted molar refractivity (Wildman–Crippen MR) is 133 cm³/mol. The molecule has 170 valence electrons. The summed E-state index contributed by atoms with van der Waals surface area (Å²) >= 11 is 13.5. The molecule has 1 aliphatic carbocycles. The third kappa shape index (κ3) is 4.30. The van der Waals surface area contributed by atoms with Crippen LogP contribution in [-0.2, 0) is 0 Å². The minimum Gasteiger partial charge on any atom is -0.490 e. The first-order chi connectivity index (χ1) is 16.5. The van der Waals surface area contributed by atoms with E-state index in [1.807, 2.05) is 19.1 Å². The van der Waals surface area contributed by atoms with E-state index in [4.69, 9.17) is 32.7 Å². The molecule has 0 bridgehead atoms.